The average molecular weight is 501 g/mol. The Bertz CT molecular complexity index is 1000. The molecule has 36 heavy (non-hydrogen) atoms. The van der Waals surface area contributed by atoms with Crippen LogP contribution in [0.15, 0.2) is 11.6 Å². The zero-order valence-corrected chi connectivity index (χ0v) is 23.3. The minimum Gasteiger partial charge on any atom is -0.469 e. The number of hydrogen-bond acceptors (Lipinski definition) is 5. The van der Waals surface area contributed by atoms with Crippen LogP contribution in [-0.2, 0) is 9.53 Å². The number of methoxy groups -OCH3 is 1. The molecule has 5 nitrogen and oxygen atoms in total. The molecule has 202 valence electrons. The van der Waals surface area contributed by atoms with Crippen molar-refractivity contribution >= 4 is 5.97 Å². The van der Waals surface area contributed by atoms with Crippen molar-refractivity contribution in [2.45, 2.75) is 105 Å². The zero-order chi connectivity index (χ0) is 26.1. The molecule has 0 aliphatic heterocycles. The average Bonchev–Trinajstić information content (AvgIpc) is 3.55. The highest BCUT2D eigenvalue weighted by Crippen LogP contribution is 2.83. The normalized spacial score (nSPS) is 56.6. The predicted molar refractivity (Wildman–Crippen MR) is 138 cm³/mol. The number of carbonyl (C=O) groups is 1. The van der Waals surface area contributed by atoms with Gasteiger partial charge in [-0.1, -0.05) is 46.3 Å². The third kappa shape index (κ3) is 2.81. The fourth-order valence-electron chi connectivity index (χ4n) is 11.7. The van der Waals surface area contributed by atoms with Crippen molar-refractivity contribution in [1.29, 1.82) is 0 Å². The maximum Gasteiger partial charge on any atom is 0.312 e. The molecule has 0 bridgehead atoms. The molecule has 5 heteroatoms. The van der Waals surface area contributed by atoms with E-state index in [4.69, 9.17) is 4.74 Å². The van der Waals surface area contributed by atoms with Gasteiger partial charge in [0.25, 0.3) is 0 Å². The van der Waals surface area contributed by atoms with Gasteiger partial charge in [0.2, 0.25) is 0 Å². The van der Waals surface area contributed by atoms with E-state index in [9.17, 15) is 20.1 Å². The lowest BCUT2D eigenvalue weighted by molar-refractivity contribution is -0.229. The standard InChI is InChI=1S/C31H48O5/c1-26(2)11-12-30(25(35)36-6)10-8-21-27(3)9-7-20-28(4,15-19(33)24(34)29(20,5)17-32)22(27)13-18-14-31(18,21)23(30)16-26/h8,18-20,22-24,32-34H,7,9-17H2,1-6H3. The second-order valence-corrected chi connectivity index (χ2v) is 15.5. The van der Waals surface area contributed by atoms with Crippen molar-refractivity contribution in [3.05, 3.63) is 11.6 Å². The first kappa shape index (κ1) is 25.4. The van der Waals surface area contributed by atoms with Crippen molar-refractivity contribution in [2.75, 3.05) is 13.7 Å². The smallest absolute Gasteiger partial charge is 0.312 e. The van der Waals surface area contributed by atoms with E-state index in [-0.39, 0.29) is 45.6 Å². The topological polar surface area (TPSA) is 87.0 Å². The number of esters is 1. The SMILES string of the molecule is COC(=O)C12CC=C3C4(C)CCC5C(C)(CO)C(O)C(O)CC5(C)C4CC4CC34C1CC(C)(C)CC2. The molecule has 6 rings (SSSR count). The highest BCUT2D eigenvalue weighted by Gasteiger charge is 2.77. The molecule has 0 aromatic heterocycles. The first-order valence-corrected chi connectivity index (χ1v) is 14.5. The van der Waals surface area contributed by atoms with Crippen LogP contribution < -0.4 is 0 Å². The van der Waals surface area contributed by atoms with Gasteiger partial charge in [0.15, 0.2) is 0 Å². The van der Waals surface area contributed by atoms with Crippen LogP contribution in [0.3, 0.4) is 0 Å². The summed E-state index contributed by atoms with van der Waals surface area (Å²) in [5, 5.41) is 32.5. The molecule has 11 unspecified atom stereocenters. The Morgan fingerprint density at radius 3 is 2.39 bits per heavy atom. The van der Waals surface area contributed by atoms with Crippen molar-refractivity contribution in [1.82, 2.24) is 0 Å². The fourth-order valence-corrected chi connectivity index (χ4v) is 11.7. The maximum atomic E-state index is 13.4. The number of aliphatic hydroxyl groups excluding tert-OH is 3. The molecular weight excluding hydrogens is 452 g/mol. The molecule has 6 aliphatic carbocycles. The lowest BCUT2D eigenvalue weighted by atomic mass is 9.36. The van der Waals surface area contributed by atoms with Crippen LogP contribution in [0, 0.1) is 56.2 Å². The van der Waals surface area contributed by atoms with Gasteiger partial charge in [0, 0.05) is 5.41 Å². The molecule has 0 aromatic carbocycles. The van der Waals surface area contributed by atoms with Crippen LogP contribution in [0.25, 0.3) is 0 Å². The van der Waals surface area contributed by atoms with Gasteiger partial charge in [-0.2, -0.15) is 0 Å². The number of ether oxygens (including phenoxy) is 1. The quantitative estimate of drug-likeness (QED) is 0.372. The number of hydrogen-bond donors (Lipinski definition) is 3. The molecule has 6 aliphatic rings. The van der Waals surface area contributed by atoms with Crippen LogP contribution in [0.5, 0.6) is 0 Å². The summed E-state index contributed by atoms with van der Waals surface area (Å²) in [4.78, 5) is 13.4. The number of rotatable bonds is 2. The summed E-state index contributed by atoms with van der Waals surface area (Å²) in [6.45, 7) is 11.5. The highest BCUT2D eigenvalue weighted by molar-refractivity contribution is 5.79. The second kappa shape index (κ2) is 7.39. The van der Waals surface area contributed by atoms with Gasteiger partial charge in [0.05, 0.1) is 31.3 Å². The van der Waals surface area contributed by atoms with Gasteiger partial charge in [-0.15, -0.1) is 0 Å². The Labute approximate surface area is 217 Å². The molecule has 5 fully saturated rings. The van der Waals surface area contributed by atoms with Gasteiger partial charge in [-0.3, -0.25) is 4.79 Å². The zero-order valence-electron chi connectivity index (χ0n) is 23.3. The van der Waals surface area contributed by atoms with Crippen molar-refractivity contribution in [3.8, 4) is 0 Å². The molecule has 1 spiro atoms. The van der Waals surface area contributed by atoms with E-state index in [2.05, 4.69) is 33.8 Å². The van der Waals surface area contributed by atoms with Crippen LogP contribution in [0.1, 0.15) is 92.4 Å². The molecule has 11 atom stereocenters. The van der Waals surface area contributed by atoms with Crippen LogP contribution in [0.4, 0.5) is 0 Å². The van der Waals surface area contributed by atoms with E-state index in [0.717, 1.165) is 44.9 Å². The number of fused-ring (bicyclic) bond motifs is 5. The van der Waals surface area contributed by atoms with Crippen molar-refractivity contribution in [2.24, 2.45) is 56.2 Å². The summed E-state index contributed by atoms with van der Waals surface area (Å²) in [5.74, 6) is 1.51. The maximum absolute atomic E-state index is 13.4. The third-order valence-corrected chi connectivity index (χ3v) is 13.5. The molecule has 3 N–H and O–H groups in total. The summed E-state index contributed by atoms with van der Waals surface area (Å²) < 4.78 is 5.49. The van der Waals surface area contributed by atoms with E-state index in [0.29, 0.717) is 24.2 Å². The van der Waals surface area contributed by atoms with E-state index in [1.54, 1.807) is 12.7 Å². The predicted octanol–water partition coefficient (Wildman–Crippen LogP) is 4.88. The Balaban J connectivity index is 1.45. The Morgan fingerprint density at radius 1 is 1.00 bits per heavy atom. The van der Waals surface area contributed by atoms with Gasteiger partial charge in [-0.25, -0.2) is 0 Å². The fraction of sp³-hybridized carbons (Fsp3) is 0.903. The third-order valence-electron chi connectivity index (χ3n) is 13.5. The minimum absolute atomic E-state index is 0.00405. The van der Waals surface area contributed by atoms with Gasteiger partial charge < -0.3 is 20.1 Å². The molecular formula is C31H48O5. The van der Waals surface area contributed by atoms with E-state index >= 15 is 0 Å². The second-order valence-electron chi connectivity index (χ2n) is 15.5. The molecule has 0 aromatic rings. The monoisotopic (exact) mass is 500 g/mol. The van der Waals surface area contributed by atoms with Crippen LogP contribution >= 0.6 is 0 Å². The molecule has 0 heterocycles. The summed E-state index contributed by atoms with van der Waals surface area (Å²) in [7, 11) is 1.57. The summed E-state index contributed by atoms with van der Waals surface area (Å²) in [5.41, 5.74) is 0.797. The molecule has 5 saturated carbocycles. The van der Waals surface area contributed by atoms with Crippen molar-refractivity contribution < 1.29 is 24.9 Å². The Morgan fingerprint density at radius 2 is 1.72 bits per heavy atom. The first-order chi connectivity index (χ1) is 16.7. The first-order valence-electron chi connectivity index (χ1n) is 14.5. The van der Waals surface area contributed by atoms with Gasteiger partial charge in [-0.05, 0) is 103 Å². The van der Waals surface area contributed by atoms with Crippen LogP contribution in [0.2, 0.25) is 0 Å². The van der Waals surface area contributed by atoms with E-state index in [1.807, 2.05) is 6.92 Å². The van der Waals surface area contributed by atoms with E-state index in [1.165, 1.54) is 6.42 Å². The lowest BCUT2D eigenvalue weighted by Gasteiger charge is -2.68. The number of aliphatic hydroxyl groups is 3. The highest BCUT2D eigenvalue weighted by atomic mass is 16.5. The summed E-state index contributed by atoms with van der Waals surface area (Å²) in [6, 6.07) is 0. The molecule has 0 amide bonds. The summed E-state index contributed by atoms with van der Waals surface area (Å²) in [6.07, 6.45) is 9.59. The van der Waals surface area contributed by atoms with Crippen LogP contribution in [-0.4, -0.2) is 47.2 Å². The minimum atomic E-state index is -0.882. The Hall–Kier alpha value is -0.910. The van der Waals surface area contributed by atoms with Gasteiger partial charge in [0.1, 0.15) is 0 Å². The van der Waals surface area contributed by atoms with Gasteiger partial charge >= 0.3 is 5.97 Å². The number of allylic oxidation sites excluding steroid dienone is 2. The van der Waals surface area contributed by atoms with E-state index < -0.39 is 17.6 Å². The van der Waals surface area contributed by atoms with Crippen molar-refractivity contribution in [3.63, 3.8) is 0 Å². The summed E-state index contributed by atoms with van der Waals surface area (Å²) >= 11 is 0. The Kier molecular flexibility index (Phi) is 5.21. The molecule has 0 saturated heterocycles. The lowest BCUT2D eigenvalue weighted by Crippen LogP contribution is -2.66. The number of carbonyl (C=O) groups excluding carboxylic acids is 1. The largest absolute Gasteiger partial charge is 0.469 e. The molecule has 0 radical (unpaired) electrons.